The first-order valence-electron chi connectivity index (χ1n) is 7.40. The molecule has 1 aromatic rings. The molecular weight excluding hydrogens is 286 g/mol. The minimum Gasteiger partial charge on any atom is -0.492 e. The Hall–Kier alpha value is -0.705. The Labute approximate surface area is 133 Å². The third-order valence-corrected chi connectivity index (χ3v) is 4.35. The Bertz CT molecular complexity index is 498. The van der Waals surface area contributed by atoms with Crippen LogP contribution >= 0.6 is 11.6 Å². The van der Waals surface area contributed by atoms with Crippen LogP contribution in [0.1, 0.15) is 41.5 Å². The van der Waals surface area contributed by atoms with Crippen LogP contribution in [0, 0.1) is 5.92 Å². The van der Waals surface area contributed by atoms with Crippen molar-refractivity contribution >= 4 is 24.2 Å². The van der Waals surface area contributed by atoms with Crippen molar-refractivity contribution < 1.29 is 14.0 Å². The molecular formula is C16H24BClO3. The van der Waals surface area contributed by atoms with Crippen molar-refractivity contribution in [2.45, 2.75) is 52.7 Å². The van der Waals surface area contributed by atoms with Crippen molar-refractivity contribution in [1.29, 1.82) is 0 Å². The van der Waals surface area contributed by atoms with E-state index in [2.05, 4.69) is 13.8 Å². The molecule has 0 spiro atoms. The highest BCUT2D eigenvalue weighted by Gasteiger charge is 2.51. The van der Waals surface area contributed by atoms with Crippen LogP contribution in [-0.2, 0) is 9.31 Å². The summed E-state index contributed by atoms with van der Waals surface area (Å²) in [5, 5.41) is 0.586. The van der Waals surface area contributed by atoms with E-state index in [1.165, 1.54) is 0 Å². The van der Waals surface area contributed by atoms with E-state index in [0.717, 1.165) is 5.46 Å². The minimum absolute atomic E-state index is 0.350. The Morgan fingerprint density at radius 1 is 1.14 bits per heavy atom. The average molecular weight is 311 g/mol. The molecule has 0 radical (unpaired) electrons. The van der Waals surface area contributed by atoms with Gasteiger partial charge in [-0.1, -0.05) is 31.5 Å². The smallest absolute Gasteiger partial charge is 0.492 e. The lowest BCUT2D eigenvalue weighted by Crippen LogP contribution is -2.41. The molecule has 0 saturated carbocycles. The van der Waals surface area contributed by atoms with E-state index < -0.39 is 7.12 Å². The second kappa shape index (κ2) is 5.83. The van der Waals surface area contributed by atoms with Crippen molar-refractivity contribution in [1.82, 2.24) is 0 Å². The average Bonchev–Trinajstić information content (AvgIpc) is 2.56. The molecule has 2 rings (SSSR count). The predicted molar refractivity (Wildman–Crippen MR) is 87.5 cm³/mol. The van der Waals surface area contributed by atoms with Gasteiger partial charge in [0.05, 0.1) is 22.8 Å². The quantitative estimate of drug-likeness (QED) is 0.794. The van der Waals surface area contributed by atoms with E-state index in [4.69, 9.17) is 25.6 Å². The number of rotatable bonds is 4. The highest BCUT2D eigenvalue weighted by atomic mass is 35.5. The van der Waals surface area contributed by atoms with Gasteiger partial charge in [-0.15, -0.1) is 0 Å². The lowest BCUT2D eigenvalue weighted by atomic mass is 9.79. The second-order valence-corrected chi connectivity index (χ2v) is 7.39. The molecule has 0 amide bonds. The number of hydrogen-bond donors (Lipinski definition) is 0. The number of ether oxygens (including phenoxy) is 1. The van der Waals surface area contributed by atoms with Crippen LogP contribution in [0.5, 0.6) is 5.75 Å². The third-order valence-electron chi connectivity index (χ3n) is 4.05. The largest absolute Gasteiger partial charge is 0.494 e. The van der Waals surface area contributed by atoms with Gasteiger partial charge in [-0.05, 0) is 51.2 Å². The zero-order chi connectivity index (χ0) is 15.8. The van der Waals surface area contributed by atoms with Crippen molar-refractivity contribution in [3.05, 3.63) is 23.2 Å². The Balaban J connectivity index is 2.14. The van der Waals surface area contributed by atoms with Crippen molar-refractivity contribution in [2.24, 2.45) is 5.92 Å². The van der Waals surface area contributed by atoms with Gasteiger partial charge < -0.3 is 14.0 Å². The number of benzene rings is 1. The molecule has 0 atom stereocenters. The summed E-state index contributed by atoms with van der Waals surface area (Å²) in [6.07, 6.45) is 0. The molecule has 1 fully saturated rings. The van der Waals surface area contributed by atoms with Crippen molar-refractivity contribution in [2.75, 3.05) is 6.61 Å². The molecule has 3 nitrogen and oxygen atoms in total. The standard InChI is InChI=1S/C16H24BClO3/c1-11(2)10-19-14-8-7-12(9-13(14)18)17-20-15(3,4)16(5,6)21-17/h7-9,11H,10H2,1-6H3. The molecule has 1 saturated heterocycles. The van der Waals surface area contributed by atoms with Gasteiger partial charge in [0.15, 0.2) is 0 Å². The molecule has 1 heterocycles. The second-order valence-electron chi connectivity index (χ2n) is 6.98. The van der Waals surface area contributed by atoms with E-state index in [-0.39, 0.29) is 11.2 Å². The Kier molecular flexibility index (Phi) is 4.62. The zero-order valence-electron chi connectivity index (χ0n) is 13.7. The van der Waals surface area contributed by atoms with Gasteiger partial charge in [0.1, 0.15) is 5.75 Å². The molecule has 1 aromatic carbocycles. The minimum atomic E-state index is -0.397. The molecule has 0 unspecified atom stereocenters. The summed E-state index contributed by atoms with van der Waals surface area (Å²) in [4.78, 5) is 0. The monoisotopic (exact) mass is 310 g/mol. The van der Waals surface area contributed by atoms with Crippen LogP contribution in [0.3, 0.4) is 0 Å². The first-order valence-corrected chi connectivity index (χ1v) is 7.78. The predicted octanol–water partition coefficient (Wildman–Crippen LogP) is 3.67. The molecule has 0 aliphatic carbocycles. The first kappa shape index (κ1) is 16.7. The molecule has 0 bridgehead atoms. The summed E-state index contributed by atoms with van der Waals surface area (Å²) in [6, 6.07) is 5.69. The third kappa shape index (κ3) is 3.55. The molecule has 116 valence electrons. The van der Waals surface area contributed by atoms with Gasteiger partial charge in [-0.2, -0.15) is 0 Å². The lowest BCUT2D eigenvalue weighted by Gasteiger charge is -2.32. The van der Waals surface area contributed by atoms with Crippen LogP contribution in [-0.4, -0.2) is 24.9 Å². The van der Waals surface area contributed by atoms with Gasteiger partial charge in [0.25, 0.3) is 0 Å². The maximum Gasteiger partial charge on any atom is 0.494 e. The van der Waals surface area contributed by atoms with Crippen LogP contribution < -0.4 is 10.2 Å². The fraction of sp³-hybridized carbons (Fsp3) is 0.625. The molecule has 1 aliphatic rings. The van der Waals surface area contributed by atoms with E-state index in [1.54, 1.807) is 0 Å². The van der Waals surface area contributed by atoms with Crippen LogP contribution in [0.4, 0.5) is 0 Å². The summed E-state index contributed by atoms with van der Waals surface area (Å²) >= 11 is 6.30. The van der Waals surface area contributed by atoms with E-state index in [9.17, 15) is 0 Å². The Morgan fingerprint density at radius 2 is 1.71 bits per heavy atom. The summed E-state index contributed by atoms with van der Waals surface area (Å²) in [7, 11) is -0.397. The van der Waals surface area contributed by atoms with E-state index >= 15 is 0 Å². The van der Waals surface area contributed by atoms with Gasteiger partial charge >= 0.3 is 7.12 Å². The summed E-state index contributed by atoms with van der Waals surface area (Å²) < 4.78 is 17.7. The van der Waals surface area contributed by atoms with E-state index in [0.29, 0.717) is 23.3 Å². The molecule has 21 heavy (non-hydrogen) atoms. The molecule has 1 aliphatic heterocycles. The van der Waals surface area contributed by atoms with Crippen molar-refractivity contribution in [3.8, 4) is 5.75 Å². The van der Waals surface area contributed by atoms with Gasteiger partial charge in [0.2, 0.25) is 0 Å². The maximum atomic E-state index is 6.30. The summed E-state index contributed by atoms with van der Waals surface area (Å²) in [6.45, 7) is 13.0. The highest BCUT2D eigenvalue weighted by molar-refractivity contribution is 6.62. The summed E-state index contributed by atoms with van der Waals surface area (Å²) in [5.74, 6) is 1.16. The van der Waals surface area contributed by atoms with Crippen LogP contribution in [0.15, 0.2) is 18.2 Å². The van der Waals surface area contributed by atoms with Gasteiger partial charge in [-0.25, -0.2) is 0 Å². The SMILES string of the molecule is CC(C)COc1ccc(B2OC(C)(C)C(C)(C)O2)cc1Cl. The molecule has 0 N–H and O–H groups in total. The maximum absolute atomic E-state index is 6.30. The zero-order valence-corrected chi connectivity index (χ0v) is 14.5. The number of hydrogen-bond acceptors (Lipinski definition) is 3. The van der Waals surface area contributed by atoms with Crippen LogP contribution in [0.25, 0.3) is 0 Å². The van der Waals surface area contributed by atoms with Gasteiger partial charge in [0, 0.05) is 0 Å². The van der Waals surface area contributed by atoms with E-state index in [1.807, 2.05) is 45.9 Å². The lowest BCUT2D eigenvalue weighted by molar-refractivity contribution is 0.00578. The van der Waals surface area contributed by atoms with Crippen molar-refractivity contribution in [3.63, 3.8) is 0 Å². The molecule has 5 heteroatoms. The Morgan fingerprint density at radius 3 is 2.19 bits per heavy atom. The normalized spacial score (nSPS) is 20.1. The number of halogens is 1. The summed E-state index contributed by atoms with van der Waals surface area (Å²) in [5.41, 5.74) is 0.212. The highest BCUT2D eigenvalue weighted by Crippen LogP contribution is 2.37. The first-order chi connectivity index (χ1) is 9.62. The fourth-order valence-corrected chi connectivity index (χ4v) is 2.26. The van der Waals surface area contributed by atoms with Gasteiger partial charge in [-0.3, -0.25) is 0 Å². The van der Waals surface area contributed by atoms with Crippen LogP contribution in [0.2, 0.25) is 5.02 Å². The topological polar surface area (TPSA) is 27.7 Å². The fourth-order valence-electron chi connectivity index (χ4n) is 2.02. The molecule has 0 aromatic heterocycles.